The number of hydrogen-bond acceptors (Lipinski definition) is 4. The van der Waals surface area contributed by atoms with Gasteiger partial charge in [0.05, 0.1) is 11.3 Å². The molecule has 2 aromatic rings. The maximum atomic E-state index is 13.2. The van der Waals surface area contributed by atoms with Crippen molar-refractivity contribution in [3.8, 4) is 11.5 Å². The van der Waals surface area contributed by atoms with Crippen LogP contribution in [0.25, 0.3) is 11.5 Å². The summed E-state index contributed by atoms with van der Waals surface area (Å²) in [5.41, 5.74) is 0.807. The average Bonchev–Trinajstić information content (AvgIpc) is 2.97. The van der Waals surface area contributed by atoms with Crippen molar-refractivity contribution in [2.45, 2.75) is 25.5 Å². The standard InChI is InChI=1S/C15H17FN2O2/c1-15(19)5-6-18(10-15)8-13-9-20-14(17-13)11-3-2-4-12(16)7-11/h2-4,7,9,19H,5-6,8,10H2,1H3. The first-order chi connectivity index (χ1) is 9.52. The van der Waals surface area contributed by atoms with E-state index in [4.69, 9.17) is 4.42 Å². The van der Waals surface area contributed by atoms with E-state index in [0.29, 0.717) is 24.5 Å². The Morgan fingerprint density at radius 2 is 2.35 bits per heavy atom. The van der Waals surface area contributed by atoms with E-state index < -0.39 is 5.60 Å². The quantitative estimate of drug-likeness (QED) is 0.935. The zero-order chi connectivity index (χ0) is 14.2. The van der Waals surface area contributed by atoms with E-state index in [0.717, 1.165) is 18.7 Å². The highest BCUT2D eigenvalue weighted by molar-refractivity contribution is 5.52. The number of aromatic nitrogens is 1. The molecular formula is C15H17FN2O2. The maximum absolute atomic E-state index is 13.2. The molecule has 1 saturated heterocycles. The lowest BCUT2D eigenvalue weighted by Crippen LogP contribution is -2.29. The van der Waals surface area contributed by atoms with Crippen LogP contribution in [0.4, 0.5) is 4.39 Å². The van der Waals surface area contributed by atoms with Crippen molar-refractivity contribution in [3.05, 3.63) is 42.0 Å². The molecule has 1 fully saturated rings. The molecule has 3 rings (SSSR count). The highest BCUT2D eigenvalue weighted by atomic mass is 19.1. The van der Waals surface area contributed by atoms with Gasteiger partial charge in [-0.2, -0.15) is 0 Å². The van der Waals surface area contributed by atoms with E-state index in [9.17, 15) is 9.50 Å². The van der Waals surface area contributed by atoms with E-state index >= 15 is 0 Å². The average molecular weight is 276 g/mol. The van der Waals surface area contributed by atoms with Gasteiger partial charge in [-0.15, -0.1) is 0 Å². The Morgan fingerprint density at radius 1 is 1.50 bits per heavy atom. The zero-order valence-corrected chi connectivity index (χ0v) is 11.3. The molecule has 0 bridgehead atoms. The van der Waals surface area contributed by atoms with Gasteiger partial charge in [0.2, 0.25) is 5.89 Å². The molecule has 2 heterocycles. The Labute approximate surface area is 116 Å². The number of aliphatic hydroxyl groups is 1. The van der Waals surface area contributed by atoms with Crippen LogP contribution in [0.15, 0.2) is 34.9 Å². The second-order valence-electron chi connectivity index (χ2n) is 5.61. The van der Waals surface area contributed by atoms with Crippen molar-refractivity contribution in [1.82, 2.24) is 9.88 Å². The highest BCUT2D eigenvalue weighted by Gasteiger charge is 2.31. The van der Waals surface area contributed by atoms with Crippen LogP contribution in [0.3, 0.4) is 0 Å². The minimum Gasteiger partial charge on any atom is -0.444 e. The minimum atomic E-state index is -0.616. The lowest BCUT2D eigenvalue weighted by Gasteiger charge is -2.17. The summed E-state index contributed by atoms with van der Waals surface area (Å²) in [6, 6.07) is 6.18. The zero-order valence-electron chi connectivity index (χ0n) is 11.3. The molecular weight excluding hydrogens is 259 g/mol. The SMILES string of the molecule is CC1(O)CCN(Cc2coc(-c3cccc(F)c3)n2)C1. The molecule has 1 aromatic heterocycles. The summed E-state index contributed by atoms with van der Waals surface area (Å²) in [7, 11) is 0. The lowest BCUT2D eigenvalue weighted by atomic mass is 10.1. The topological polar surface area (TPSA) is 49.5 Å². The molecule has 1 aromatic carbocycles. The van der Waals surface area contributed by atoms with Crippen molar-refractivity contribution in [3.63, 3.8) is 0 Å². The molecule has 0 amide bonds. The summed E-state index contributed by atoms with van der Waals surface area (Å²) >= 11 is 0. The number of oxazole rings is 1. The summed E-state index contributed by atoms with van der Waals surface area (Å²) in [6.07, 6.45) is 2.36. The van der Waals surface area contributed by atoms with Gasteiger partial charge in [0, 0.05) is 25.2 Å². The normalized spacial score (nSPS) is 23.4. The number of halogens is 1. The summed E-state index contributed by atoms with van der Waals surface area (Å²) in [5, 5.41) is 9.93. The molecule has 1 unspecified atom stereocenters. The summed E-state index contributed by atoms with van der Waals surface area (Å²) in [4.78, 5) is 6.51. The summed E-state index contributed by atoms with van der Waals surface area (Å²) in [6.45, 7) is 3.95. The number of hydrogen-bond donors (Lipinski definition) is 1. The molecule has 0 radical (unpaired) electrons. The van der Waals surface area contributed by atoms with E-state index in [1.165, 1.54) is 12.1 Å². The summed E-state index contributed by atoms with van der Waals surface area (Å²) < 4.78 is 18.6. The number of rotatable bonds is 3. The fraction of sp³-hybridized carbons (Fsp3) is 0.400. The Kier molecular flexibility index (Phi) is 3.31. The Hall–Kier alpha value is -1.72. The van der Waals surface area contributed by atoms with E-state index in [2.05, 4.69) is 9.88 Å². The lowest BCUT2D eigenvalue weighted by molar-refractivity contribution is 0.0677. The number of benzene rings is 1. The van der Waals surface area contributed by atoms with Crippen molar-refractivity contribution in [2.24, 2.45) is 0 Å². The van der Waals surface area contributed by atoms with Gasteiger partial charge in [0.15, 0.2) is 0 Å². The predicted octanol–water partition coefficient (Wildman–Crippen LogP) is 2.44. The smallest absolute Gasteiger partial charge is 0.226 e. The first-order valence-electron chi connectivity index (χ1n) is 6.67. The van der Waals surface area contributed by atoms with Crippen LogP contribution in [0.5, 0.6) is 0 Å². The van der Waals surface area contributed by atoms with Gasteiger partial charge < -0.3 is 9.52 Å². The summed E-state index contributed by atoms with van der Waals surface area (Å²) in [5.74, 6) is 0.114. The molecule has 0 spiro atoms. The Bertz CT molecular complexity index is 609. The Morgan fingerprint density at radius 3 is 3.05 bits per heavy atom. The number of likely N-dealkylation sites (tertiary alicyclic amines) is 1. The monoisotopic (exact) mass is 276 g/mol. The molecule has 1 aliphatic rings. The fourth-order valence-corrected chi connectivity index (χ4v) is 2.54. The van der Waals surface area contributed by atoms with Gasteiger partial charge >= 0.3 is 0 Å². The van der Waals surface area contributed by atoms with Crippen LogP contribution < -0.4 is 0 Å². The van der Waals surface area contributed by atoms with Crippen LogP contribution in [-0.4, -0.2) is 33.7 Å². The molecule has 1 aliphatic heterocycles. The van der Waals surface area contributed by atoms with Crippen molar-refractivity contribution < 1.29 is 13.9 Å². The number of β-amino-alcohol motifs (C(OH)–C–C–N with tert-alkyl or cyclic N) is 1. The number of nitrogens with zero attached hydrogens (tertiary/aromatic N) is 2. The second kappa shape index (κ2) is 5.00. The third kappa shape index (κ3) is 2.89. The second-order valence-corrected chi connectivity index (χ2v) is 5.61. The third-order valence-corrected chi connectivity index (χ3v) is 3.54. The van der Waals surface area contributed by atoms with Crippen LogP contribution in [0.1, 0.15) is 19.0 Å². The van der Waals surface area contributed by atoms with Crippen LogP contribution in [0, 0.1) is 5.82 Å². The van der Waals surface area contributed by atoms with Crippen molar-refractivity contribution in [1.29, 1.82) is 0 Å². The van der Waals surface area contributed by atoms with Gasteiger partial charge in [-0.1, -0.05) is 6.07 Å². The van der Waals surface area contributed by atoms with E-state index in [1.807, 2.05) is 6.92 Å². The van der Waals surface area contributed by atoms with Crippen LogP contribution >= 0.6 is 0 Å². The Balaban J connectivity index is 1.71. The van der Waals surface area contributed by atoms with Gasteiger partial charge in [-0.3, -0.25) is 4.90 Å². The van der Waals surface area contributed by atoms with E-state index in [-0.39, 0.29) is 5.82 Å². The minimum absolute atomic E-state index is 0.308. The first kappa shape index (κ1) is 13.3. The van der Waals surface area contributed by atoms with Gasteiger partial charge in [-0.25, -0.2) is 9.37 Å². The van der Waals surface area contributed by atoms with Gasteiger partial charge in [0.1, 0.15) is 12.1 Å². The van der Waals surface area contributed by atoms with Gasteiger partial charge in [0.25, 0.3) is 0 Å². The molecule has 0 saturated carbocycles. The molecule has 5 heteroatoms. The molecule has 1 atom stereocenters. The molecule has 4 nitrogen and oxygen atoms in total. The van der Waals surface area contributed by atoms with Crippen molar-refractivity contribution in [2.75, 3.05) is 13.1 Å². The fourth-order valence-electron chi connectivity index (χ4n) is 2.54. The maximum Gasteiger partial charge on any atom is 0.226 e. The first-order valence-corrected chi connectivity index (χ1v) is 6.67. The van der Waals surface area contributed by atoms with E-state index in [1.54, 1.807) is 18.4 Å². The largest absolute Gasteiger partial charge is 0.444 e. The van der Waals surface area contributed by atoms with Crippen molar-refractivity contribution >= 4 is 0 Å². The molecule has 1 N–H and O–H groups in total. The van der Waals surface area contributed by atoms with Crippen LogP contribution in [0.2, 0.25) is 0 Å². The third-order valence-electron chi connectivity index (χ3n) is 3.54. The highest BCUT2D eigenvalue weighted by Crippen LogP contribution is 2.24. The van der Waals surface area contributed by atoms with Gasteiger partial charge in [-0.05, 0) is 31.5 Å². The molecule has 20 heavy (non-hydrogen) atoms. The van der Waals surface area contributed by atoms with Crippen LogP contribution in [-0.2, 0) is 6.54 Å². The molecule has 106 valence electrons. The molecule has 0 aliphatic carbocycles. The predicted molar refractivity (Wildman–Crippen MR) is 72.4 cm³/mol.